The van der Waals surface area contributed by atoms with E-state index in [1.54, 1.807) is 23.6 Å². The third-order valence-electron chi connectivity index (χ3n) is 1.72. The molecule has 0 radical (unpaired) electrons. The summed E-state index contributed by atoms with van der Waals surface area (Å²) in [5, 5.41) is 11.8. The fourth-order valence-corrected chi connectivity index (χ4v) is 2.07. The average Bonchev–Trinajstić information content (AvgIpc) is 2.46. The van der Waals surface area contributed by atoms with Gasteiger partial charge in [-0.1, -0.05) is 0 Å². The van der Waals surface area contributed by atoms with Crippen molar-refractivity contribution in [2.75, 3.05) is 0 Å². The monoisotopic (exact) mass is 178 g/mol. The van der Waals surface area contributed by atoms with E-state index in [1.807, 2.05) is 0 Å². The lowest BCUT2D eigenvalue weighted by Gasteiger charge is -1.91. The normalized spacial score (nSPS) is 10.3. The van der Waals surface area contributed by atoms with E-state index in [-0.39, 0.29) is 5.75 Å². The number of phenols is 1. The molecule has 0 saturated heterocycles. The maximum Gasteiger partial charge on any atom is 0.151 e. The third kappa shape index (κ3) is 0.987. The van der Waals surface area contributed by atoms with Crippen LogP contribution in [0.1, 0.15) is 10.4 Å². The van der Waals surface area contributed by atoms with E-state index in [1.165, 1.54) is 11.3 Å². The molecule has 0 aliphatic heterocycles. The lowest BCUT2D eigenvalue weighted by Crippen LogP contribution is -1.73. The Kier molecular flexibility index (Phi) is 1.59. The minimum absolute atomic E-state index is 0.238. The van der Waals surface area contributed by atoms with Crippen LogP contribution in [0.25, 0.3) is 10.1 Å². The predicted octanol–water partition coefficient (Wildman–Crippen LogP) is 2.42. The second-order valence-corrected chi connectivity index (χ2v) is 3.40. The standard InChI is InChI=1S/C9H6O2S/c10-4-6-5-12-9-3-7(11)1-2-8(6)9/h1-5,11H. The van der Waals surface area contributed by atoms with Crippen LogP contribution >= 0.6 is 11.3 Å². The highest BCUT2D eigenvalue weighted by atomic mass is 32.1. The number of carbonyl (C=O) groups is 1. The smallest absolute Gasteiger partial charge is 0.151 e. The molecular formula is C9H6O2S. The van der Waals surface area contributed by atoms with Crippen molar-refractivity contribution in [2.24, 2.45) is 0 Å². The van der Waals surface area contributed by atoms with Crippen LogP contribution in [0.15, 0.2) is 23.6 Å². The number of aldehydes is 1. The fourth-order valence-electron chi connectivity index (χ4n) is 1.13. The molecule has 0 bridgehead atoms. The Hall–Kier alpha value is -1.35. The number of aromatic hydroxyl groups is 1. The largest absolute Gasteiger partial charge is 0.508 e. The molecule has 0 unspecified atom stereocenters. The predicted molar refractivity (Wildman–Crippen MR) is 48.9 cm³/mol. The molecule has 1 heterocycles. The summed E-state index contributed by atoms with van der Waals surface area (Å²) >= 11 is 1.46. The lowest BCUT2D eigenvalue weighted by atomic mass is 10.2. The summed E-state index contributed by atoms with van der Waals surface area (Å²) < 4.78 is 0.942. The van der Waals surface area contributed by atoms with Crippen molar-refractivity contribution in [1.82, 2.24) is 0 Å². The molecule has 0 aliphatic rings. The number of hydrogen-bond donors (Lipinski definition) is 1. The van der Waals surface area contributed by atoms with Crippen molar-refractivity contribution < 1.29 is 9.90 Å². The van der Waals surface area contributed by atoms with E-state index in [2.05, 4.69) is 0 Å². The number of thiophene rings is 1. The molecule has 1 aromatic carbocycles. The van der Waals surface area contributed by atoms with Gasteiger partial charge in [-0.05, 0) is 18.2 Å². The highest BCUT2D eigenvalue weighted by Crippen LogP contribution is 2.27. The van der Waals surface area contributed by atoms with Crippen molar-refractivity contribution in [1.29, 1.82) is 0 Å². The molecule has 1 aromatic heterocycles. The Morgan fingerprint density at radius 1 is 1.42 bits per heavy atom. The summed E-state index contributed by atoms with van der Waals surface area (Å²) in [5.41, 5.74) is 0.690. The minimum Gasteiger partial charge on any atom is -0.508 e. The number of carbonyl (C=O) groups excluding carboxylic acids is 1. The van der Waals surface area contributed by atoms with Crippen molar-refractivity contribution in [3.05, 3.63) is 29.1 Å². The molecular weight excluding hydrogens is 172 g/mol. The van der Waals surface area contributed by atoms with Gasteiger partial charge >= 0.3 is 0 Å². The molecule has 0 spiro atoms. The Bertz CT molecular complexity index is 431. The fraction of sp³-hybridized carbons (Fsp3) is 0. The first kappa shape index (κ1) is 7.31. The first-order chi connectivity index (χ1) is 5.81. The van der Waals surface area contributed by atoms with E-state index < -0.39 is 0 Å². The summed E-state index contributed by atoms with van der Waals surface area (Å²) in [5.74, 6) is 0.238. The van der Waals surface area contributed by atoms with Crippen LogP contribution < -0.4 is 0 Å². The first-order valence-electron chi connectivity index (χ1n) is 3.46. The summed E-state index contributed by atoms with van der Waals surface area (Å²) in [6, 6.07) is 5.00. The van der Waals surface area contributed by atoms with Crippen molar-refractivity contribution in [2.45, 2.75) is 0 Å². The van der Waals surface area contributed by atoms with Gasteiger partial charge in [0.25, 0.3) is 0 Å². The Balaban J connectivity index is 2.81. The summed E-state index contributed by atoms with van der Waals surface area (Å²) in [6.45, 7) is 0. The van der Waals surface area contributed by atoms with Crippen LogP contribution in [0.3, 0.4) is 0 Å². The van der Waals surface area contributed by atoms with Gasteiger partial charge in [-0.2, -0.15) is 0 Å². The average molecular weight is 178 g/mol. The van der Waals surface area contributed by atoms with Crippen LogP contribution in [-0.2, 0) is 0 Å². The number of hydrogen-bond acceptors (Lipinski definition) is 3. The maximum atomic E-state index is 10.5. The highest BCUT2D eigenvalue weighted by molar-refractivity contribution is 7.17. The van der Waals surface area contributed by atoms with Gasteiger partial charge in [-0.3, -0.25) is 4.79 Å². The quantitative estimate of drug-likeness (QED) is 0.681. The molecule has 0 atom stereocenters. The van der Waals surface area contributed by atoms with E-state index in [0.29, 0.717) is 5.56 Å². The Morgan fingerprint density at radius 2 is 2.25 bits per heavy atom. The number of fused-ring (bicyclic) bond motifs is 1. The highest BCUT2D eigenvalue weighted by Gasteiger charge is 2.02. The maximum absolute atomic E-state index is 10.5. The minimum atomic E-state index is 0.238. The zero-order valence-corrected chi connectivity index (χ0v) is 6.97. The number of phenolic OH excluding ortho intramolecular Hbond substituents is 1. The van der Waals surface area contributed by atoms with Gasteiger partial charge in [0, 0.05) is 21.0 Å². The van der Waals surface area contributed by atoms with E-state index in [9.17, 15) is 4.79 Å². The van der Waals surface area contributed by atoms with Gasteiger partial charge in [0.2, 0.25) is 0 Å². The second kappa shape index (κ2) is 2.60. The summed E-state index contributed by atoms with van der Waals surface area (Å²) in [4.78, 5) is 10.5. The number of rotatable bonds is 1. The summed E-state index contributed by atoms with van der Waals surface area (Å²) in [6.07, 6.45) is 0.829. The van der Waals surface area contributed by atoms with E-state index in [4.69, 9.17) is 5.11 Å². The van der Waals surface area contributed by atoms with Gasteiger partial charge in [0.1, 0.15) is 5.75 Å². The van der Waals surface area contributed by atoms with Crippen LogP contribution in [0.5, 0.6) is 5.75 Å². The molecule has 0 amide bonds. The molecule has 12 heavy (non-hydrogen) atoms. The van der Waals surface area contributed by atoms with Gasteiger partial charge in [0.15, 0.2) is 6.29 Å². The van der Waals surface area contributed by atoms with Crippen LogP contribution in [0, 0.1) is 0 Å². The van der Waals surface area contributed by atoms with Gasteiger partial charge in [-0.15, -0.1) is 11.3 Å². The second-order valence-electron chi connectivity index (χ2n) is 2.49. The molecule has 0 aliphatic carbocycles. The van der Waals surface area contributed by atoms with E-state index in [0.717, 1.165) is 16.4 Å². The molecule has 2 nitrogen and oxygen atoms in total. The van der Waals surface area contributed by atoms with Gasteiger partial charge in [-0.25, -0.2) is 0 Å². The molecule has 2 aromatic rings. The van der Waals surface area contributed by atoms with Gasteiger partial charge < -0.3 is 5.11 Å². The molecule has 0 saturated carbocycles. The van der Waals surface area contributed by atoms with Gasteiger partial charge in [0.05, 0.1) is 0 Å². The molecule has 3 heteroatoms. The zero-order chi connectivity index (χ0) is 8.55. The van der Waals surface area contributed by atoms with Crippen LogP contribution in [0.2, 0.25) is 0 Å². The number of benzene rings is 1. The zero-order valence-electron chi connectivity index (χ0n) is 6.15. The van der Waals surface area contributed by atoms with Crippen molar-refractivity contribution in [3.63, 3.8) is 0 Å². The Labute approximate surface area is 73.1 Å². The van der Waals surface area contributed by atoms with E-state index >= 15 is 0 Å². The third-order valence-corrected chi connectivity index (χ3v) is 2.68. The topological polar surface area (TPSA) is 37.3 Å². The Morgan fingerprint density at radius 3 is 3.00 bits per heavy atom. The van der Waals surface area contributed by atoms with Crippen LogP contribution in [-0.4, -0.2) is 11.4 Å². The van der Waals surface area contributed by atoms with Crippen molar-refractivity contribution in [3.8, 4) is 5.75 Å². The lowest BCUT2D eigenvalue weighted by molar-refractivity contribution is 0.112. The molecule has 1 N–H and O–H groups in total. The first-order valence-corrected chi connectivity index (χ1v) is 4.34. The molecule has 0 fully saturated rings. The molecule has 60 valence electrons. The van der Waals surface area contributed by atoms with Crippen molar-refractivity contribution >= 4 is 27.7 Å². The van der Waals surface area contributed by atoms with Crippen LogP contribution in [0.4, 0.5) is 0 Å². The SMILES string of the molecule is O=Cc1csc2cc(O)ccc12. The molecule has 2 rings (SSSR count). The summed E-state index contributed by atoms with van der Waals surface area (Å²) in [7, 11) is 0.